The largest absolute Gasteiger partial charge is 0.411 e. The molecular weight excluding hydrogens is 287 g/mol. The number of amides is 1. The minimum Gasteiger partial charge on any atom is -0.370 e. The molecule has 0 aliphatic carbocycles. The topological polar surface area (TPSA) is 56.1 Å². The molecule has 0 aliphatic rings. The smallest absolute Gasteiger partial charge is 0.370 e. The molecule has 120 valence electrons. The van der Waals surface area contributed by atoms with Crippen molar-refractivity contribution in [1.29, 1.82) is 0 Å². The Labute approximate surface area is 121 Å². The van der Waals surface area contributed by atoms with Gasteiger partial charge in [0.1, 0.15) is 12.3 Å². The lowest BCUT2D eigenvalue weighted by Gasteiger charge is -2.17. The average Bonchev–Trinajstić information content (AvgIpc) is 2.85. The van der Waals surface area contributed by atoms with Crippen molar-refractivity contribution in [3.63, 3.8) is 0 Å². The maximum absolute atomic E-state index is 12.0. The lowest BCUT2D eigenvalue weighted by molar-refractivity contribution is -0.175. The van der Waals surface area contributed by atoms with Crippen LogP contribution in [0.4, 0.5) is 13.2 Å². The molecule has 1 aromatic heterocycles. The van der Waals surface area contributed by atoms with Gasteiger partial charge in [0.05, 0.1) is 12.6 Å². The van der Waals surface area contributed by atoms with Gasteiger partial charge in [0, 0.05) is 12.2 Å². The molecule has 0 aliphatic heterocycles. The van der Waals surface area contributed by atoms with Gasteiger partial charge < -0.3 is 10.1 Å². The Bertz CT molecular complexity index is 458. The fraction of sp³-hybridized carbons (Fsp3) is 0.692. The quantitative estimate of drug-likeness (QED) is 0.842. The van der Waals surface area contributed by atoms with E-state index in [2.05, 4.69) is 15.2 Å². The molecule has 1 N–H and O–H groups in total. The molecule has 1 aromatic rings. The standard InChI is InChI=1S/C13H20F3N3O2/c1-4-10(7-21-8-13(14,15)16)17-12(20)11-5-6-19(18-11)9(2)3/h5-6,9-10H,4,7-8H2,1-3H3,(H,17,20)/t10-/m0/s1. The summed E-state index contributed by atoms with van der Waals surface area (Å²) in [5.74, 6) is -0.420. The Morgan fingerprint density at radius 3 is 2.62 bits per heavy atom. The van der Waals surface area contributed by atoms with E-state index in [1.54, 1.807) is 23.9 Å². The first kappa shape index (κ1) is 17.5. The highest BCUT2D eigenvalue weighted by Crippen LogP contribution is 2.14. The van der Waals surface area contributed by atoms with Gasteiger partial charge in [-0.2, -0.15) is 18.3 Å². The number of hydrogen-bond donors (Lipinski definition) is 1. The summed E-state index contributed by atoms with van der Waals surface area (Å²) in [4.78, 5) is 11.9. The molecule has 1 heterocycles. The van der Waals surface area contributed by atoms with E-state index < -0.39 is 24.7 Å². The summed E-state index contributed by atoms with van der Waals surface area (Å²) in [6.45, 7) is 4.10. The number of nitrogens with zero attached hydrogens (tertiary/aromatic N) is 2. The molecule has 0 unspecified atom stereocenters. The Morgan fingerprint density at radius 2 is 2.14 bits per heavy atom. The number of rotatable bonds is 7. The van der Waals surface area contributed by atoms with Crippen LogP contribution in [0.5, 0.6) is 0 Å². The molecule has 0 bridgehead atoms. The van der Waals surface area contributed by atoms with E-state index in [0.717, 1.165) is 0 Å². The summed E-state index contributed by atoms with van der Waals surface area (Å²) >= 11 is 0. The van der Waals surface area contributed by atoms with Crippen LogP contribution in [0.15, 0.2) is 12.3 Å². The van der Waals surface area contributed by atoms with E-state index in [9.17, 15) is 18.0 Å². The van der Waals surface area contributed by atoms with Crippen LogP contribution >= 0.6 is 0 Å². The molecule has 0 spiro atoms. The van der Waals surface area contributed by atoms with Crippen molar-refractivity contribution in [3.05, 3.63) is 18.0 Å². The Kier molecular flexibility index (Phi) is 6.19. The van der Waals surface area contributed by atoms with Gasteiger partial charge in [0.15, 0.2) is 0 Å². The first-order valence-corrected chi connectivity index (χ1v) is 6.73. The van der Waals surface area contributed by atoms with E-state index in [-0.39, 0.29) is 18.3 Å². The summed E-state index contributed by atoms with van der Waals surface area (Å²) < 4.78 is 42.2. The number of aromatic nitrogens is 2. The number of nitrogens with one attached hydrogen (secondary N) is 1. The normalized spacial score (nSPS) is 13.5. The maximum Gasteiger partial charge on any atom is 0.411 e. The molecule has 0 fully saturated rings. The predicted octanol–water partition coefficient (Wildman–Crippen LogP) is 2.55. The second-order valence-corrected chi connectivity index (χ2v) is 4.98. The van der Waals surface area contributed by atoms with Gasteiger partial charge in [-0.15, -0.1) is 0 Å². The second-order valence-electron chi connectivity index (χ2n) is 4.98. The van der Waals surface area contributed by atoms with Gasteiger partial charge in [0.2, 0.25) is 0 Å². The van der Waals surface area contributed by atoms with Crippen LogP contribution in [-0.2, 0) is 4.74 Å². The third-order valence-electron chi connectivity index (χ3n) is 2.78. The van der Waals surface area contributed by atoms with Crippen LogP contribution in [0.25, 0.3) is 0 Å². The zero-order valence-electron chi connectivity index (χ0n) is 12.3. The van der Waals surface area contributed by atoms with Gasteiger partial charge in [-0.3, -0.25) is 9.48 Å². The highest BCUT2D eigenvalue weighted by Gasteiger charge is 2.28. The number of halogens is 3. The highest BCUT2D eigenvalue weighted by molar-refractivity contribution is 5.92. The summed E-state index contributed by atoms with van der Waals surface area (Å²) in [5.41, 5.74) is 0.234. The number of carbonyl (C=O) groups excluding carboxylic acids is 1. The number of alkyl halides is 3. The van der Waals surface area contributed by atoms with Crippen LogP contribution in [-0.4, -0.2) is 41.1 Å². The van der Waals surface area contributed by atoms with Crippen molar-refractivity contribution >= 4 is 5.91 Å². The monoisotopic (exact) mass is 307 g/mol. The minimum absolute atomic E-state index is 0.128. The van der Waals surface area contributed by atoms with E-state index in [1.165, 1.54) is 0 Å². The van der Waals surface area contributed by atoms with Crippen molar-refractivity contribution in [1.82, 2.24) is 15.1 Å². The van der Waals surface area contributed by atoms with Crippen molar-refractivity contribution < 1.29 is 22.7 Å². The molecule has 0 radical (unpaired) electrons. The minimum atomic E-state index is -4.36. The third kappa shape index (κ3) is 6.16. The van der Waals surface area contributed by atoms with Gasteiger partial charge in [0.25, 0.3) is 5.91 Å². The predicted molar refractivity (Wildman–Crippen MR) is 71.0 cm³/mol. The fourth-order valence-electron chi connectivity index (χ4n) is 1.58. The zero-order valence-corrected chi connectivity index (χ0v) is 12.3. The summed E-state index contributed by atoms with van der Waals surface area (Å²) in [6, 6.07) is 1.21. The molecule has 1 amide bonds. The Balaban J connectivity index is 2.50. The van der Waals surface area contributed by atoms with Crippen LogP contribution in [0, 0.1) is 0 Å². The summed E-state index contributed by atoms with van der Waals surface area (Å²) in [6.07, 6.45) is -2.21. The van der Waals surface area contributed by atoms with Crippen LogP contribution in [0.3, 0.4) is 0 Å². The van der Waals surface area contributed by atoms with Gasteiger partial charge in [-0.05, 0) is 26.3 Å². The van der Waals surface area contributed by atoms with E-state index in [1.807, 2.05) is 13.8 Å². The van der Waals surface area contributed by atoms with Gasteiger partial charge >= 0.3 is 6.18 Å². The van der Waals surface area contributed by atoms with E-state index in [0.29, 0.717) is 6.42 Å². The number of carbonyl (C=O) groups is 1. The van der Waals surface area contributed by atoms with Crippen LogP contribution < -0.4 is 5.32 Å². The van der Waals surface area contributed by atoms with Crippen LogP contribution in [0.2, 0.25) is 0 Å². The molecule has 5 nitrogen and oxygen atoms in total. The summed E-state index contributed by atoms with van der Waals surface area (Å²) in [5, 5.41) is 6.71. The Hall–Kier alpha value is -1.57. The number of hydrogen-bond acceptors (Lipinski definition) is 3. The van der Waals surface area contributed by atoms with Gasteiger partial charge in [-0.1, -0.05) is 6.92 Å². The average molecular weight is 307 g/mol. The van der Waals surface area contributed by atoms with Crippen molar-refractivity contribution in [2.24, 2.45) is 0 Å². The molecule has 0 saturated carbocycles. The fourth-order valence-corrected chi connectivity index (χ4v) is 1.58. The van der Waals surface area contributed by atoms with Crippen LogP contribution in [0.1, 0.15) is 43.7 Å². The van der Waals surface area contributed by atoms with Crippen molar-refractivity contribution in [2.45, 2.75) is 45.5 Å². The highest BCUT2D eigenvalue weighted by atomic mass is 19.4. The van der Waals surface area contributed by atoms with Gasteiger partial charge in [-0.25, -0.2) is 0 Å². The first-order chi connectivity index (χ1) is 9.73. The molecular formula is C13H20F3N3O2. The SMILES string of the molecule is CC[C@@H](COCC(F)(F)F)NC(=O)c1ccn(C(C)C)n1. The van der Waals surface area contributed by atoms with E-state index >= 15 is 0 Å². The third-order valence-corrected chi connectivity index (χ3v) is 2.78. The molecule has 0 saturated heterocycles. The maximum atomic E-state index is 12.0. The molecule has 1 atom stereocenters. The lowest BCUT2D eigenvalue weighted by Crippen LogP contribution is -2.38. The number of ether oxygens (including phenoxy) is 1. The second kappa shape index (κ2) is 7.44. The molecule has 0 aromatic carbocycles. The zero-order chi connectivity index (χ0) is 16.0. The molecule has 1 rings (SSSR count). The molecule has 8 heteroatoms. The lowest BCUT2D eigenvalue weighted by atomic mass is 10.2. The summed E-state index contributed by atoms with van der Waals surface area (Å²) in [7, 11) is 0. The Morgan fingerprint density at radius 1 is 1.48 bits per heavy atom. The van der Waals surface area contributed by atoms with Crippen molar-refractivity contribution in [2.75, 3.05) is 13.2 Å². The van der Waals surface area contributed by atoms with E-state index in [4.69, 9.17) is 0 Å². The molecule has 21 heavy (non-hydrogen) atoms. The first-order valence-electron chi connectivity index (χ1n) is 6.73. The van der Waals surface area contributed by atoms with Crippen molar-refractivity contribution in [3.8, 4) is 0 Å².